The molecule has 0 bridgehead atoms. The van der Waals surface area contributed by atoms with Crippen LogP contribution < -0.4 is 4.89 Å². The van der Waals surface area contributed by atoms with Gasteiger partial charge in [0.25, 0.3) is 7.82 Å². The molecule has 0 fully saturated rings. The molecular weight excluding hydrogens is 629 g/mol. The van der Waals surface area contributed by atoms with E-state index in [0.29, 0.717) is 23.9 Å². The molecule has 0 saturated heterocycles. The fraction of sp³-hybridized carbons (Fsp3) is 0.842. The number of hydrogen-bond acceptors (Lipinski definition) is 8. The number of allylic oxidation sites excluding steroid dienone is 4. The lowest BCUT2D eigenvalue weighted by Crippen LogP contribution is -2.37. The monoisotopic (exact) mass is 701 g/mol. The summed E-state index contributed by atoms with van der Waals surface area (Å²) in [5.41, 5.74) is 0. The number of carbonyl (C=O) groups is 2. The van der Waals surface area contributed by atoms with Crippen molar-refractivity contribution in [1.29, 1.82) is 0 Å². The van der Waals surface area contributed by atoms with E-state index in [0.717, 1.165) is 44.9 Å². The number of phosphoric acid groups is 1. The second-order valence-electron chi connectivity index (χ2n) is 13.9. The van der Waals surface area contributed by atoms with Gasteiger partial charge in [0.1, 0.15) is 19.8 Å². The van der Waals surface area contributed by atoms with Crippen LogP contribution in [0.15, 0.2) is 24.3 Å². The molecule has 0 amide bonds. The van der Waals surface area contributed by atoms with E-state index in [1.807, 2.05) is 21.1 Å². The Kier molecular flexibility index (Phi) is 30.5. The Labute approximate surface area is 294 Å². The van der Waals surface area contributed by atoms with Crippen molar-refractivity contribution in [3.63, 3.8) is 0 Å². The van der Waals surface area contributed by atoms with Crippen LogP contribution in [0.1, 0.15) is 155 Å². The first-order chi connectivity index (χ1) is 23.0. The summed E-state index contributed by atoms with van der Waals surface area (Å²) in [6, 6.07) is 0. The van der Waals surface area contributed by atoms with Gasteiger partial charge in [0.2, 0.25) is 0 Å². The van der Waals surface area contributed by atoms with Gasteiger partial charge in [-0.2, -0.15) is 0 Å². The Morgan fingerprint density at radius 3 is 1.69 bits per heavy atom. The fourth-order valence-corrected chi connectivity index (χ4v) is 5.65. The van der Waals surface area contributed by atoms with Crippen LogP contribution in [0.25, 0.3) is 0 Å². The van der Waals surface area contributed by atoms with Crippen LogP contribution in [0, 0.1) is 0 Å². The SMILES string of the molecule is CCCCCCCC/C=C/C/C=C/CCCCC(=O)OC[C@@H](COP(=O)([O-])OCC[N+](C)(C)C)OC(=O)CCCCCCCCCCC. The van der Waals surface area contributed by atoms with Crippen molar-refractivity contribution in [2.45, 2.75) is 161 Å². The highest BCUT2D eigenvalue weighted by Crippen LogP contribution is 2.38. The Bertz CT molecular complexity index is 886. The molecule has 9 nitrogen and oxygen atoms in total. The first kappa shape index (κ1) is 46.5. The van der Waals surface area contributed by atoms with Gasteiger partial charge in [-0.05, 0) is 44.9 Å². The molecule has 0 spiro atoms. The highest BCUT2D eigenvalue weighted by atomic mass is 31.2. The zero-order valence-corrected chi connectivity index (χ0v) is 32.3. The molecule has 0 N–H and O–H groups in total. The highest BCUT2D eigenvalue weighted by molar-refractivity contribution is 7.45. The van der Waals surface area contributed by atoms with E-state index >= 15 is 0 Å². The molecule has 0 aromatic rings. The molecule has 0 aromatic carbocycles. The van der Waals surface area contributed by atoms with Gasteiger partial charge in [0.05, 0.1) is 27.7 Å². The van der Waals surface area contributed by atoms with Crippen molar-refractivity contribution < 1.29 is 42.1 Å². The molecule has 0 radical (unpaired) electrons. The zero-order valence-electron chi connectivity index (χ0n) is 31.4. The summed E-state index contributed by atoms with van der Waals surface area (Å²) in [5, 5.41) is 0. The van der Waals surface area contributed by atoms with Crippen LogP contribution in [0.3, 0.4) is 0 Å². The van der Waals surface area contributed by atoms with Gasteiger partial charge < -0.3 is 27.9 Å². The number of esters is 2. The highest BCUT2D eigenvalue weighted by Gasteiger charge is 2.21. The van der Waals surface area contributed by atoms with Gasteiger partial charge in [-0.1, -0.05) is 122 Å². The van der Waals surface area contributed by atoms with Gasteiger partial charge in [-0.25, -0.2) is 0 Å². The van der Waals surface area contributed by atoms with E-state index in [1.54, 1.807) is 0 Å². The quantitative estimate of drug-likeness (QED) is 0.0215. The standard InChI is InChI=1S/C38H72NO8P/c1-6-8-10-12-14-16-17-18-19-20-21-23-24-26-28-30-37(40)44-34-36(35-46-48(42,43)45-33-32-39(3,4)5)47-38(41)31-29-27-25-22-15-13-11-9-7-2/h18-19,21,23,36H,6-17,20,22,24-35H2,1-5H3/b19-18+,23-21+/t36-/m0/s1. The third-order valence-corrected chi connectivity index (χ3v) is 8.94. The average molecular weight is 702 g/mol. The lowest BCUT2D eigenvalue weighted by Gasteiger charge is -2.28. The van der Waals surface area contributed by atoms with Crippen LogP contribution in [0.2, 0.25) is 0 Å². The number of nitrogens with zero attached hydrogens (tertiary/aromatic N) is 1. The second kappa shape index (κ2) is 31.5. The summed E-state index contributed by atoms with van der Waals surface area (Å²) in [5.74, 6) is -0.876. The minimum Gasteiger partial charge on any atom is -0.756 e. The Morgan fingerprint density at radius 1 is 0.646 bits per heavy atom. The normalized spacial score (nSPS) is 14.0. The van der Waals surface area contributed by atoms with Crippen LogP contribution in [0.5, 0.6) is 0 Å². The summed E-state index contributed by atoms with van der Waals surface area (Å²) in [4.78, 5) is 37.2. The predicted octanol–water partition coefficient (Wildman–Crippen LogP) is 9.38. The minimum absolute atomic E-state index is 0.0343. The maximum Gasteiger partial charge on any atom is 0.306 e. The van der Waals surface area contributed by atoms with E-state index in [1.165, 1.54) is 70.6 Å². The number of quaternary nitrogens is 1. The van der Waals surface area contributed by atoms with Crippen molar-refractivity contribution in [2.24, 2.45) is 0 Å². The molecule has 0 aliphatic heterocycles. The number of unbranched alkanes of at least 4 members (excludes halogenated alkanes) is 16. The molecule has 10 heteroatoms. The lowest BCUT2D eigenvalue weighted by molar-refractivity contribution is -0.870. The van der Waals surface area contributed by atoms with Crippen molar-refractivity contribution in [1.82, 2.24) is 0 Å². The van der Waals surface area contributed by atoms with Gasteiger partial charge in [-0.15, -0.1) is 0 Å². The first-order valence-electron chi connectivity index (χ1n) is 19.0. The van der Waals surface area contributed by atoms with E-state index < -0.39 is 32.5 Å². The summed E-state index contributed by atoms with van der Waals surface area (Å²) in [6.45, 7) is 4.14. The molecule has 0 aliphatic rings. The lowest BCUT2D eigenvalue weighted by atomic mass is 10.1. The van der Waals surface area contributed by atoms with Gasteiger partial charge >= 0.3 is 11.9 Å². The third kappa shape index (κ3) is 34.4. The average Bonchev–Trinajstić information content (AvgIpc) is 3.02. The van der Waals surface area contributed by atoms with E-state index in [4.69, 9.17) is 18.5 Å². The van der Waals surface area contributed by atoms with Crippen LogP contribution >= 0.6 is 7.82 Å². The molecule has 0 aromatic heterocycles. The first-order valence-corrected chi connectivity index (χ1v) is 20.5. The minimum atomic E-state index is -4.62. The third-order valence-electron chi connectivity index (χ3n) is 7.97. The molecule has 282 valence electrons. The predicted molar refractivity (Wildman–Crippen MR) is 194 cm³/mol. The summed E-state index contributed by atoms with van der Waals surface area (Å²) in [7, 11) is 1.15. The van der Waals surface area contributed by atoms with Crippen molar-refractivity contribution in [3.05, 3.63) is 24.3 Å². The van der Waals surface area contributed by atoms with Crippen molar-refractivity contribution in [2.75, 3.05) is 47.5 Å². The summed E-state index contributed by atoms with van der Waals surface area (Å²) < 4.78 is 33.6. The van der Waals surface area contributed by atoms with Crippen LogP contribution in [-0.2, 0) is 32.7 Å². The van der Waals surface area contributed by atoms with E-state index in [9.17, 15) is 19.0 Å². The zero-order chi connectivity index (χ0) is 35.8. The maximum absolute atomic E-state index is 12.5. The number of rotatable bonds is 34. The fourth-order valence-electron chi connectivity index (χ4n) is 4.92. The summed E-state index contributed by atoms with van der Waals surface area (Å²) in [6.07, 6.45) is 30.7. The molecule has 0 heterocycles. The van der Waals surface area contributed by atoms with Gasteiger partial charge in [-0.3, -0.25) is 14.2 Å². The topological polar surface area (TPSA) is 111 Å². The molecule has 48 heavy (non-hydrogen) atoms. The largest absolute Gasteiger partial charge is 0.756 e. The van der Waals surface area contributed by atoms with Crippen molar-refractivity contribution in [3.8, 4) is 0 Å². The molecule has 1 unspecified atom stereocenters. The molecule has 0 rings (SSSR count). The number of ether oxygens (including phenoxy) is 2. The Balaban J connectivity index is 4.46. The maximum atomic E-state index is 12.5. The molecule has 0 aliphatic carbocycles. The van der Waals surface area contributed by atoms with Gasteiger partial charge in [0.15, 0.2) is 6.10 Å². The molecule has 0 saturated carbocycles. The Morgan fingerprint density at radius 2 is 1.12 bits per heavy atom. The van der Waals surface area contributed by atoms with Crippen LogP contribution in [-0.4, -0.2) is 70.0 Å². The molecule has 2 atom stereocenters. The Hall–Kier alpha value is -1.51. The van der Waals surface area contributed by atoms with E-state index in [2.05, 4.69) is 38.2 Å². The smallest absolute Gasteiger partial charge is 0.306 e. The number of hydrogen-bond donors (Lipinski definition) is 0. The van der Waals surface area contributed by atoms with Crippen LogP contribution in [0.4, 0.5) is 0 Å². The van der Waals surface area contributed by atoms with E-state index in [-0.39, 0.29) is 26.1 Å². The second-order valence-corrected chi connectivity index (χ2v) is 15.4. The van der Waals surface area contributed by atoms with Crippen molar-refractivity contribution >= 4 is 19.8 Å². The summed E-state index contributed by atoms with van der Waals surface area (Å²) >= 11 is 0. The number of phosphoric ester groups is 1. The number of likely N-dealkylation sites (N-methyl/N-ethyl adjacent to an activating group) is 1. The molecular formula is C38H72NO8P. The number of carbonyl (C=O) groups excluding carboxylic acids is 2. The van der Waals surface area contributed by atoms with Gasteiger partial charge in [0, 0.05) is 12.8 Å².